The van der Waals surface area contributed by atoms with Gasteiger partial charge in [0.15, 0.2) is 0 Å². The van der Waals surface area contributed by atoms with Gasteiger partial charge in [-0.15, -0.1) is 0 Å². The van der Waals surface area contributed by atoms with Crippen LogP contribution in [0.2, 0.25) is 0 Å². The van der Waals surface area contributed by atoms with Gasteiger partial charge >= 0.3 is 0 Å². The first-order valence-electron chi connectivity index (χ1n) is 6.19. The summed E-state index contributed by atoms with van der Waals surface area (Å²) in [5.74, 6) is 0.0989. The van der Waals surface area contributed by atoms with Gasteiger partial charge < -0.3 is 10.6 Å². The third-order valence-electron chi connectivity index (χ3n) is 3.30. The minimum absolute atomic E-state index is 0.0989. The lowest BCUT2D eigenvalue weighted by Gasteiger charge is -2.30. The molecule has 1 aliphatic rings. The number of carbonyl (C=O) groups excluding carboxylic acids is 1. The van der Waals surface area contributed by atoms with Crippen molar-refractivity contribution in [2.45, 2.75) is 32.2 Å². The molecule has 94 valence electrons. The number of nitrogens with zero attached hydrogens (tertiary/aromatic N) is 3. The fraction of sp³-hybridized carbons (Fsp3) is 0.667. The van der Waals surface area contributed by atoms with Gasteiger partial charge in [-0.3, -0.25) is 9.48 Å². The Labute approximate surface area is 102 Å². The first-order valence-corrected chi connectivity index (χ1v) is 6.19. The molecule has 1 amide bonds. The van der Waals surface area contributed by atoms with E-state index in [1.165, 1.54) is 0 Å². The number of hydrogen-bond acceptors (Lipinski definition) is 3. The second-order valence-electron chi connectivity index (χ2n) is 4.65. The van der Waals surface area contributed by atoms with Crippen LogP contribution in [0.5, 0.6) is 0 Å². The van der Waals surface area contributed by atoms with E-state index in [1.807, 2.05) is 25.1 Å². The Morgan fingerprint density at radius 3 is 2.76 bits per heavy atom. The lowest BCUT2D eigenvalue weighted by atomic mass is 10.0. The van der Waals surface area contributed by atoms with E-state index in [2.05, 4.69) is 5.10 Å². The predicted octanol–water partition coefficient (Wildman–Crippen LogP) is 0.546. The molecule has 5 heteroatoms. The minimum Gasteiger partial charge on any atom is -0.338 e. The van der Waals surface area contributed by atoms with Gasteiger partial charge in [0.2, 0.25) is 0 Å². The molecule has 0 radical (unpaired) electrons. The summed E-state index contributed by atoms with van der Waals surface area (Å²) in [6, 6.07) is 0.249. The van der Waals surface area contributed by atoms with Gasteiger partial charge in [-0.1, -0.05) is 6.92 Å². The minimum atomic E-state index is 0.0989. The van der Waals surface area contributed by atoms with Gasteiger partial charge in [0.05, 0.1) is 11.3 Å². The first kappa shape index (κ1) is 12.1. The van der Waals surface area contributed by atoms with Crippen LogP contribution in [0, 0.1) is 0 Å². The molecule has 0 bridgehead atoms. The number of hydrogen-bond donors (Lipinski definition) is 1. The summed E-state index contributed by atoms with van der Waals surface area (Å²) in [7, 11) is 1.85. The van der Waals surface area contributed by atoms with Crippen molar-refractivity contribution in [3.05, 3.63) is 17.5 Å². The van der Waals surface area contributed by atoms with Crippen LogP contribution in [-0.2, 0) is 13.5 Å². The van der Waals surface area contributed by atoms with Crippen LogP contribution in [0.15, 0.2) is 6.20 Å². The number of rotatable bonds is 2. The lowest BCUT2D eigenvalue weighted by Crippen LogP contribution is -2.43. The highest BCUT2D eigenvalue weighted by atomic mass is 16.2. The van der Waals surface area contributed by atoms with Crippen molar-refractivity contribution in [1.82, 2.24) is 14.7 Å². The van der Waals surface area contributed by atoms with Crippen molar-refractivity contribution in [2.75, 3.05) is 13.1 Å². The summed E-state index contributed by atoms with van der Waals surface area (Å²) in [5.41, 5.74) is 7.46. The zero-order valence-corrected chi connectivity index (χ0v) is 10.5. The molecular formula is C12H20N4O. The standard InChI is InChI=1S/C12H20N4O/c1-3-11-10(8-15(2)14-11)12(17)16-6-4-9(13)5-7-16/h8-9H,3-7,13H2,1-2H3. The maximum Gasteiger partial charge on any atom is 0.257 e. The highest BCUT2D eigenvalue weighted by Gasteiger charge is 2.24. The zero-order chi connectivity index (χ0) is 12.4. The van der Waals surface area contributed by atoms with E-state index in [-0.39, 0.29) is 11.9 Å². The van der Waals surface area contributed by atoms with E-state index in [0.717, 1.165) is 43.6 Å². The summed E-state index contributed by atoms with van der Waals surface area (Å²) in [5, 5.41) is 4.30. The van der Waals surface area contributed by atoms with Gasteiger partial charge in [-0.25, -0.2) is 0 Å². The van der Waals surface area contributed by atoms with E-state index < -0.39 is 0 Å². The molecule has 1 fully saturated rings. The number of carbonyl (C=O) groups is 1. The van der Waals surface area contributed by atoms with Gasteiger partial charge in [-0.2, -0.15) is 5.10 Å². The van der Waals surface area contributed by atoms with E-state index in [4.69, 9.17) is 5.73 Å². The van der Waals surface area contributed by atoms with Crippen molar-refractivity contribution in [3.8, 4) is 0 Å². The molecule has 0 unspecified atom stereocenters. The normalized spacial score (nSPS) is 17.5. The lowest BCUT2D eigenvalue weighted by molar-refractivity contribution is 0.0713. The second-order valence-corrected chi connectivity index (χ2v) is 4.65. The fourth-order valence-electron chi connectivity index (χ4n) is 2.25. The summed E-state index contributed by atoms with van der Waals surface area (Å²) in [6.07, 6.45) is 4.39. The average molecular weight is 236 g/mol. The highest BCUT2D eigenvalue weighted by Crippen LogP contribution is 2.15. The van der Waals surface area contributed by atoms with Crippen LogP contribution in [0.4, 0.5) is 0 Å². The molecule has 0 spiro atoms. The maximum atomic E-state index is 12.3. The largest absolute Gasteiger partial charge is 0.338 e. The summed E-state index contributed by atoms with van der Waals surface area (Å²) in [6.45, 7) is 3.54. The molecule has 2 heterocycles. The molecular weight excluding hydrogens is 216 g/mol. The molecule has 1 aromatic heterocycles. The fourth-order valence-corrected chi connectivity index (χ4v) is 2.25. The maximum absolute atomic E-state index is 12.3. The topological polar surface area (TPSA) is 64.2 Å². The molecule has 0 saturated carbocycles. The van der Waals surface area contributed by atoms with Crippen molar-refractivity contribution >= 4 is 5.91 Å². The van der Waals surface area contributed by atoms with E-state index in [9.17, 15) is 4.79 Å². The highest BCUT2D eigenvalue weighted by molar-refractivity contribution is 5.95. The van der Waals surface area contributed by atoms with E-state index in [0.29, 0.717) is 0 Å². The average Bonchev–Trinajstić information content (AvgIpc) is 2.70. The van der Waals surface area contributed by atoms with Gasteiger partial charge in [0.25, 0.3) is 5.91 Å². The number of aromatic nitrogens is 2. The molecule has 0 aromatic carbocycles. The molecule has 2 N–H and O–H groups in total. The van der Waals surface area contributed by atoms with Gasteiger partial charge in [0, 0.05) is 32.4 Å². The summed E-state index contributed by atoms with van der Waals surface area (Å²) >= 11 is 0. The summed E-state index contributed by atoms with van der Waals surface area (Å²) < 4.78 is 1.71. The Bertz CT molecular complexity index is 405. The Balaban J connectivity index is 2.13. The van der Waals surface area contributed by atoms with Crippen LogP contribution in [0.25, 0.3) is 0 Å². The SMILES string of the molecule is CCc1nn(C)cc1C(=O)N1CCC(N)CC1. The van der Waals surface area contributed by atoms with Crippen LogP contribution in [-0.4, -0.2) is 39.7 Å². The second kappa shape index (κ2) is 4.87. The first-order chi connectivity index (χ1) is 8.11. The third-order valence-corrected chi connectivity index (χ3v) is 3.30. The quantitative estimate of drug-likeness (QED) is 0.815. The number of aryl methyl sites for hydroxylation is 2. The molecule has 1 saturated heterocycles. The van der Waals surface area contributed by atoms with Crippen LogP contribution < -0.4 is 5.73 Å². The molecule has 2 rings (SSSR count). The third kappa shape index (κ3) is 2.49. The van der Waals surface area contributed by atoms with E-state index >= 15 is 0 Å². The Morgan fingerprint density at radius 1 is 1.53 bits per heavy atom. The molecule has 17 heavy (non-hydrogen) atoms. The Morgan fingerprint density at radius 2 is 2.18 bits per heavy atom. The predicted molar refractivity (Wildman–Crippen MR) is 65.7 cm³/mol. The molecule has 0 aliphatic carbocycles. The molecule has 0 atom stereocenters. The molecule has 1 aliphatic heterocycles. The van der Waals surface area contributed by atoms with Gasteiger partial charge in [0.1, 0.15) is 0 Å². The summed E-state index contributed by atoms with van der Waals surface area (Å²) in [4.78, 5) is 14.2. The Kier molecular flexibility index (Phi) is 3.47. The zero-order valence-electron chi connectivity index (χ0n) is 10.5. The van der Waals surface area contributed by atoms with E-state index in [1.54, 1.807) is 4.68 Å². The number of amides is 1. The van der Waals surface area contributed by atoms with Crippen LogP contribution in [0.3, 0.4) is 0 Å². The van der Waals surface area contributed by atoms with Gasteiger partial charge in [-0.05, 0) is 19.3 Å². The van der Waals surface area contributed by atoms with Crippen LogP contribution in [0.1, 0.15) is 35.8 Å². The number of nitrogens with two attached hydrogens (primary N) is 1. The Hall–Kier alpha value is -1.36. The number of likely N-dealkylation sites (tertiary alicyclic amines) is 1. The molecule has 5 nitrogen and oxygen atoms in total. The smallest absolute Gasteiger partial charge is 0.257 e. The van der Waals surface area contributed by atoms with Crippen molar-refractivity contribution in [2.24, 2.45) is 12.8 Å². The number of piperidine rings is 1. The van der Waals surface area contributed by atoms with Crippen molar-refractivity contribution in [1.29, 1.82) is 0 Å². The van der Waals surface area contributed by atoms with Crippen molar-refractivity contribution < 1.29 is 4.79 Å². The van der Waals surface area contributed by atoms with Crippen LogP contribution >= 0.6 is 0 Å². The molecule has 1 aromatic rings. The monoisotopic (exact) mass is 236 g/mol. The van der Waals surface area contributed by atoms with Crippen molar-refractivity contribution in [3.63, 3.8) is 0 Å².